The number of carbonyl (C=O) groups excluding carboxylic acids is 2. The Kier molecular flexibility index (Phi) is 73.2. The molecule has 554 valence electrons. The molecule has 0 saturated carbocycles. The van der Waals surface area contributed by atoms with E-state index in [1.54, 1.807) is 0 Å². The number of ether oxygens (including phenoxy) is 2. The molecule has 0 aromatic carbocycles. The number of esters is 2. The van der Waals surface area contributed by atoms with Gasteiger partial charge in [0.1, 0.15) is 19.8 Å². The molecule has 2 unspecified atom stereocenters. The largest absolute Gasteiger partial charge is 0.472 e. The highest BCUT2D eigenvalue weighted by molar-refractivity contribution is 7.47. The maximum absolute atomic E-state index is 12.9. The molecule has 0 aromatic heterocycles. The van der Waals surface area contributed by atoms with Crippen molar-refractivity contribution in [3.05, 3.63) is 85.1 Å². The first-order chi connectivity index (χ1) is 46.5. The van der Waals surface area contributed by atoms with Crippen LogP contribution in [0.3, 0.4) is 0 Å². The Labute approximate surface area is 590 Å². The average molecular weight is 1350 g/mol. The number of phosphoric acid groups is 1. The quantitative estimate of drug-likeness (QED) is 0.0211. The van der Waals surface area contributed by atoms with Gasteiger partial charge in [0.05, 0.1) is 27.7 Å². The van der Waals surface area contributed by atoms with Crippen LogP contribution in [-0.2, 0) is 32.7 Å². The molecule has 0 bridgehead atoms. The maximum Gasteiger partial charge on any atom is 0.472 e. The van der Waals surface area contributed by atoms with E-state index in [1.807, 2.05) is 21.1 Å². The number of rotatable bonds is 76. The molecule has 10 heteroatoms. The van der Waals surface area contributed by atoms with E-state index in [0.717, 1.165) is 83.5 Å². The Morgan fingerprint density at radius 1 is 0.337 bits per heavy atom. The first-order valence-electron chi connectivity index (χ1n) is 40.8. The van der Waals surface area contributed by atoms with E-state index in [1.165, 1.54) is 276 Å². The van der Waals surface area contributed by atoms with Gasteiger partial charge in [0, 0.05) is 12.8 Å². The van der Waals surface area contributed by atoms with Gasteiger partial charge in [0.25, 0.3) is 0 Å². The van der Waals surface area contributed by atoms with Crippen LogP contribution in [0.2, 0.25) is 0 Å². The van der Waals surface area contributed by atoms with Crippen LogP contribution in [0.5, 0.6) is 0 Å². The molecule has 0 spiro atoms. The van der Waals surface area contributed by atoms with Gasteiger partial charge >= 0.3 is 19.8 Å². The molecule has 2 atom stereocenters. The molecule has 0 rings (SSSR count). The number of unbranched alkanes of at least 4 members (excludes halogenated alkanes) is 48. The van der Waals surface area contributed by atoms with Gasteiger partial charge in [0.15, 0.2) is 6.10 Å². The Bertz CT molecular complexity index is 1880. The number of phosphoric ester groups is 1. The minimum atomic E-state index is -4.40. The molecular weight excluding hydrogens is 1190 g/mol. The fourth-order valence-electron chi connectivity index (χ4n) is 12.0. The van der Waals surface area contributed by atoms with Crippen molar-refractivity contribution in [2.24, 2.45) is 0 Å². The van der Waals surface area contributed by atoms with Gasteiger partial charge < -0.3 is 18.9 Å². The smallest absolute Gasteiger partial charge is 0.462 e. The maximum atomic E-state index is 12.9. The summed E-state index contributed by atoms with van der Waals surface area (Å²) in [5.74, 6) is -0.782. The zero-order chi connectivity index (χ0) is 69.0. The predicted octanol–water partition coefficient (Wildman–Crippen LogP) is 27.2. The normalized spacial score (nSPS) is 13.5. The topological polar surface area (TPSA) is 108 Å². The van der Waals surface area contributed by atoms with Crippen LogP contribution in [0.15, 0.2) is 85.1 Å². The van der Waals surface area contributed by atoms with Gasteiger partial charge in [0.2, 0.25) is 0 Å². The summed E-state index contributed by atoms with van der Waals surface area (Å²) in [6, 6.07) is 0. The van der Waals surface area contributed by atoms with E-state index in [0.29, 0.717) is 23.9 Å². The van der Waals surface area contributed by atoms with Crippen LogP contribution in [0, 0.1) is 0 Å². The summed E-state index contributed by atoms with van der Waals surface area (Å²) in [4.78, 5) is 36.0. The Hall–Kier alpha value is -2.81. The Balaban J connectivity index is 3.94. The van der Waals surface area contributed by atoms with E-state index in [2.05, 4.69) is 98.9 Å². The lowest BCUT2D eigenvalue weighted by atomic mass is 10.0. The Morgan fingerprint density at radius 2 is 0.600 bits per heavy atom. The third-order valence-electron chi connectivity index (χ3n) is 18.2. The van der Waals surface area contributed by atoms with Crippen molar-refractivity contribution < 1.29 is 42.1 Å². The predicted molar refractivity (Wildman–Crippen MR) is 413 cm³/mol. The molecule has 0 aromatic rings. The minimum Gasteiger partial charge on any atom is -0.462 e. The van der Waals surface area contributed by atoms with Gasteiger partial charge in [-0.1, -0.05) is 394 Å². The van der Waals surface area contributed by atoms with Gasteiger partial charge in [-0.15, -0.1) is 0 Å². The van der Waals surface area contributed by atoms with Crippen molar-refractivity contribution in [1.29, 1.82) is 0 Å². The second-order valence-corrected chi connectivity index (χ2v) is 30.2. The number of carbonyl (C=O) groups is 2. The molecule has 0 fully saturated rings. The van der Waals surface area contributed by atoms with Crippen molar-refractivity contribution in [3.8, 4) is 0 Å². The summed E-state index contributed by atoms with van der Waals surface area (Å²) < 4.78 is 34.8. The summed E-state index contributed by atoms with van der Waals surface area (Å²) in [6.07, 6.45) is 105. The molecule has 0 heterocycles. The lowest BCUT2D eigenvalue weighted by molar-refractivity contribution is -0.870. The number of hydrogen-bond acceptors (Lipinski definition) is 7. The van der Waals surface area contributed by atoms with Crippen LogP contribution < -0.4 is 0 Å². The van der Waals surface area contributed by atoms with Crippen LogP contribution in [0.1, 0.15) is 393 Å². The summed E-state index contributed by atoms with van der Waals surface area (Å²) in [5, 5.41) is 0. The van der Waals surface area contributed by atoms with Gasteiger partial charge in [-0.05, 0) is 70.6 Å². The average Bonchev–Trinajstić information content (AvgIpc) is 2.16. The lowest BCUT2D eigenvalue weighted by Crippen LogP contribution is -2.37. The molecule has 0 amide bonds. The van der Waals surface area contributed by atoms with Crippen LogP contribution >= 0.6 is 7.82 Å². The highest BCUT2D eigenvalue weighted by Crippen LogP contribution is 2.43. The summed E-state index contributed by atoms with van der Waals surface area (Å²) in [7, 11) is 1.49. The molecule has 95 heavy (non-hydrogen) atoms. The third-order valence-corrected chi connectivity index (χ3v) is 19.2. The number of nitrogens with zero attached hydrogens (tertiary/aromatic N) is 1. The van der Waals surface area contributed by atoms with Crippen LogP contribution in [0.25, 0.3) is 0 Å². The zero-order valence-electron chi connectivity index (χ0n) is 63.4. The molecule has 1 N–H and O–H groups in total. The highest BCUT2D eigenvalue weighted by Gasteiger charge is 2.27. The molecule has 0 aliphatic carbocycles. The molecule has 9 nitrogen and oxygen atoms in total. The van der Waals surface area contributed by atoms with Crippen molar-refractivity contribution in [3.63, 3.8) is 0 Å². The fraction of sp³-hybridized carbons (Fsp3) is 0.812. The summed E-state index contributed by atoms with van der Waals surface area (Å²) in [5.41, 5.74) is 0. The fourth-order valence-corrected chi connectivity index (χ4v) is 12.7. The first-order valence-corrected chi connectivity index (χ1v) is 42.3. The number of likely N-dealkylation sites (N-methyl/N-ethyl adjacent to an activating group) is 1. The van der Waals surface area contributed by atoms with E-state index < -0.39 is 26.5 Å². The lowest BCUT2D eigenvalue weighted by Gasteiger charge is -2.24. The van der Waals surface area contributed by atoms with Crippen molar-refractivity contribution in [2.75, 3.05) is 47.5 Å². The minimum absolute atomic E-state index is 0.0310. The van der Waals surface area contributed by atoms with E-state index in [4.69, 9.17) is 18.5 Å². The van der Waals surface area contributed by atoms with Crippen molar-refractivity contribution in [1.82, 2.24) is 0 Å². The number of quaternary nitrogens is 1. The van der Waals surface area contributed by atoms with Gasteiger partial charge in [-0.25, -0.2) is 4.57 Å². The molecule has 0 aliphatic rings. The summed E-state index contributed by atoms with van der Waals surface area (Å²) in [6.45, 7) is 4.38. The highest BCUT2D eigenvalue weighted by atomic mass is 31.2. The second kappa shape index (κ2) is 75.4. The molecular formula is C85H157NO8P+. The van der Waals surface area contributed by atoms with Gasteiger partial charge in [-0.2, -0.15) is 0 Å². The summed E-state index contributed by atoms with van der Waals surface area (Å²) >= 11 is 0. The van der Waals surface area contributed by atoms with Crippen LogP contribution in [-0.4, -0.2) is 74.9 Å². The third kappa shape index (κ3) is 80.1. The van der Waals surface area contributed by atoms with E-state index >= 15 is 0 Å². The number of allylic oxidation sites excluding steroid dienone is 14. The van der Waals surface area contributed by atoms with Crippen LogP contribution in [0.4, 0.5) is 0 Å². The first kappa shape index (κ1) is 92.2. The van der Waals surface area contributed by atoms with E-state index in [9.17, 15) is 19.0 Å². The van der Waals surface area contributed by atoms with Crippen molar-refractivity contribution >= 4 is 19.8 Å². The zero-order valence-corrected chi connectivity index (χ0v) is 64.3. The molecule has 0 radical (unpaired) electrons. The molecule has 0 aliphatic heterocycles. The van der Waals surface area contributed by atoms with Gasteiger partial charge in [-0.3, -0.25) is 18.6 Å². The van der Waals surface area contributed by atoms with E-state index in [-0.39, 0.29) is 25.6 Å². The Morgan fingerprint density at radius 3 is 0.895 bits per heavy atom. The second-order valence-electron chi connectivity index (χ2n) is 28.8. The standard InChI is InChI=1S/C85H156NO8P/c1-6-8-10-12-14-16-18-20-22-24-26-28-30-32-34-36-38-40-42-44-45-47-49-51-53-55-57-59-61-63-65-67-69-71-73-75-77-84(87)91-81-83(82-93-95(89,90)92-80-79-86(3,4)5)94-85(88)78-76-74-72-70-68-66-64-62-60-58-56-54-52-50-48-46-43-41-39-37-35-33-31-29-27-25-23-21-19-17-15-13-11-9-7-2/h9,11,15,17,21,23,27,29,33,35,39,41,46,48,83H,6-8,10,12-14,16,18-20,22,24-26,28,30-32,34,36-38,40,42-45,47,49-82H2,1-5H3/p+1/b11-9-,17-15-,23-21-,29-27-,35-33-,41-39-,48-46-. The SMILES string of the molecule is CC/C=C\C/C=C\C/C=C\C/C=C\C/C=C\C/C=C\C/C=C\CCCCCCCCCCCCCCCC(=O)OC(COC(=O)CCCCCCCCCCCCCCCCCCCCCCCCCCCCCCCCCCCCCC)COP(=O)(O)OCC[N+](C)(C)C. The molecule has 0 saturated heterocycles. The van der Waals surface area contributed by atoms with Crippen molar-refractivity contribution in [2.45, 2.75) is 399 Å². The monoisotopic (exact) mass is 1350 g/mol. The number of hydrogen-bond donors (Lipinski definition) is 1.